The van der Waals surface area contributed by atoms with E-state index in [1.54, 1.807) is 0 Å². The average Bonchev–Trinajstić information content (AvgIpc) is 2.89. The summed E-state index contributed by atoms with van der Waals surface area (Å²) in [7, 11) is 0. The molecule has 1 spiro atoms. The Kier molecular flexibility index (Phi) is 2.34. The summed E-state index contributed by atoms with van der Waals surface area (Å²) in [5, 5.41) is 20.9. The third kappa shape index (κ3) is 1.29. The fourth-order valence-electron chi connectivity index (χ4n) is 5.17. The van der Waals surface area contributed by atoms with Crippen LogP contribution in [0.25, 0.3) is 0 Å². The van der Waals surface area contributed by atoms with Crippen molar-refractivity contribution in [1.29, 1.82) is 0 Å². The minimum atomic E-state index is -0.761. The maximum Gasteiger partial charge on any atom is 0.168 e. The summed E-state index contributed by atoms with van der Waals surface area (Å²) in [5.41, 5.74) is 0.848. The van der Waals surface area contributed by atoms with E-state index >= 15 is 0 Å². The molecule has 0 aromatic heterocycles. The first kappa shape index (κ1) is 12.3. The third-order valence-corrected chi connectivity index (χ3v) is 6.26. The molecule has 3 fully saturated rings. The van der Waals surface area contributed by atoms with E-state index < -0.39 is 6.29 Å². The van der Waals surface area contributed by atoms with Crippen LogP contribution >= 0.6 is 0 Å². The molecule has 2 N–H and O–H groups in total. The average molecular weight is 266 g/mol. The first-order valence-corrected chi connectivity index (χ1v) is 7.30. The molecule has 2 aliphatic heterocycles. The lowest BCUT2D eigenvalue weighted by molar-refractivity contribution is -0.223. The fourth-order valence-corrected chi connectivity index (χ4v) is 5.17. The van der Waals surface area contributed by atoms with E-state index in [2.05, 4.69) is 19.9 Å². The molecule has 0 aromatic carbocycles. The van der Waals surface area contributed by atoms with E-state index in [0.717, 1.165) is 19.3 Å². The van der Waals surface area contributed by atoms with Crippen LogP contribution in [0.3, 0.4) is 0 Å². The molecule has 6 atom stereocenters. The molecule has 0 aromatic rings. The molecular formula is C15H22O4. The summed E-state index contributed by atoms with van der Waals surface area (Å²) >= 11 is 0. The Morgan fingerprint density at radius 1 is 1.32 bits per heavy atom. The summed E-state index contributed by atoms with van der Waals surface area (Å²) < 4.78 is 11.4. The molecule has 6 unspecified atom stereocenters. The summed E-state index contributed by atoms with van der Waals surface area (Å²) in [5.74, 6) is 0.437. The lowest BCUT2D eigenvalue weighted by atomic mass is 9.47. The molecule has 1 saturated carbocycles. The molecule has 0 bridgehead atoms. The second-order valence-electron chi connectivity index (χ2n) is 7.20. The van der Waals surface area contributed by atoms with Gasteiger partial charge >= 0.3 is 0 Å². The van der Waals surface area contributed by atoms with Gasteiger partial charge in [0, 0.05) is 11.3 Å². The van der Waals surface area contributed by atoms with Gasteiger partial charge in [0.1, 0.15) is 0 Å². The zero-order valence-electron chi connectivity index (χ0n) is 11.5. The monoisotopic (exact) mass is 266 g/mol. The number of allylic oxidation sites excluding steroid dienone is 1. The highest BCUT2D eigenvalue weighted by Gasteiger charge is 2.68. The van der Waals surface area contributed by atoms with Crippen molar-refractivity contribution in [1.82, 2.24) is 0 Å². The predicted molar refractivity (Wildman–Crippen MR) is 68.0 cm³/mol. The van der Waals surface area contributed by atoms with Crippen LogP contribution in [0, 0.1) is 22.7 Å². The van der Waals surface area contributed by atoms with Crippen LogP contribution in [0.5, 0.6) is 0 Å². The quantitative estimate of drug-likeness (QED) is 0.651. The van der Waals surface area contributed by atoms with E-state index in [1.165, 1.54) is 5.57 Å². The number of rotatable bonds is 0. The summed E-state index contributed by atoms with van der Waals surface area (Å²) in [6, 6.07) is 0. The number of ether oxygens (including phenoxy) is 2. The second kappa shape index (κ2) is 3.61. The van der Waals surface area contributed by atoms with Crippen molar-refractivity contribution in [3.05, 3.63) is 11.6 Å². The number of aliphatic hydroxyl groups is 2. The number of hydrogen-bond acceptors (Lipinski definition) is 4. The van der Waals surface area contributed by atoms with Gasteiger partial charge in [-0.2, -0.15) is 0 Å². The number of hydrogen-bond donors (Lipinski definition) is 2. The van der Waals surface area contributed by atoms with Crippen molar-refractivity contribution in [2.24, 2.45) is 22.7 Å². The molecule has 4 heteroatoms. The highest BCUT2D eigenvalue weighted by atomic mass is 16.7. The van der Waals surface area contributed by atoms with Crippen LogP contribution in [-0.2, 0) is 9.47 Å². The van der Waals surface area contributed by atoms with Gasteiger partial charge in [0.05, 0.1) is 12.7 Å². The van der Waals surface area contributed by atoms with Crippen LogP contribution in [0.4, 0.5) is 0 Å². The van der Waals surface area contributed by atoms with Crippen molar-refractivity contribution in [2.75, 3.05) is 6.61 Å². The molecule has 4 nitrogen and oxygen atoms in total. The molecule has 4 aliphatic rings. The van der Waals surface area contributed by atoms with Gasteiger partial charge in [0.25, 0.3) is 0 Å². The Morgan fingerprint density at radius 3 is 2.89 bits per heavy atom. The zero-order chi connectivity index (χ0) is 13.4. The van der Waals surface area contributed by atoms with Crippen molar-refractivity contribution in [3.63, 3.8) is 0 Å². The SMILES string of the molecule is CC1(C)C(O)CCC23C(O)OC4OCC(=CCC12)C43. The largest absolute Gasteiger partial charge is 0.393 e. The van der Waals surface area contributed by atoms with Crippen molar-refractivity contribution in [3.8, 4) is 0 Å². The number of aliphatic hydroxyl groups excluding tert-OH is 2. The van der Waals surface area contributed by atoms with Crippen molar-refractivity contribution < 1.29 is 19.7 Å². The normalized spacial score (nSPS) is 54.5. The maximum atomic E-state index is 10.5. The zero-order valence-corrected chi connectivity index (χ0v) is 11.5. The third-order valence-electron chi connectivity index (χ3n) is 6.26. The van der Waals surface area contributed by atoms with Crippen LogP contribution in [0.2, 0.25) is 0 Å². The van der Waals surface area contributed by atoms with Crippen molar-refractivity contribution in [2.45, 2.75) is 51.8 Å². The van der Waals surface area contributed by atoms with E-state index in [4.69, 9.17) is 9.47 Å². The second-order valence-corrected chi connectivity index (χ2v) is 7.20. The fraction of sp³-hybridized carbons (Fsp3) is 0.867. The molecule has 2 heterocycles. The summed E-state index contributed by atoms with van der Waals surface area (Å²) in [6.45, 7) is 4.88. The molecule has 106 valence electrons. The van der Waals surface area contributed by atoms with Crippen LogP contribution < -0.4 is 0 Å². The Labute approximate surface area is 113 Å². The summed E-state index contributed by atoms with van der Waals surface area (Å²) in [4.78, 5) is 0. The van der Waals surface area contributed by atoms with Gasteiger partial charge in [-0.1, -0.05) is 19.9 Å². The van der Waals surface area contributed by atoms with E-state index in [1.807, 2.05) is 0 Å². The topological polar surface area (TPSA) is 58.9 Å². The van der Waals surface area contributed by atoms with Crippen LogP contribution in [0.15, 0.2) is 11.6 Å². The Balaban J connectivity index is 1.86. The predicted octanol–water partition coefficient (Wildman–Crippen LogP) is 1.42. The molecule has 0 radical (unpaired) electrons. The van der Waals surface area contributed by atoms with E-state index in [9.17, 15) is 10.2 Å². The highest BCUT2D eigenvalue weighted by molar-refractivity contribution is 5.27. The Morgan fingerprint density at radius 2 is 2.11 bits per heavy atom. The van der Waals surface area contributed by atoms with Gasteiger partial charge in [-0.3, -0.25) is 0 Å². The standard InChI is InChI=1S/C15H22O4/c1-14(2)9-4-3-8-7-18-12-11(8)15(9,13(17)19-12)6-5-10(14)16/h3,9-13,16-17H,4-7H2,1-2H3. The van der Waals surface area contributed by atoms with Gasteiger partial charge in [-0.05, 0) is 36.2 Å². The van der Waals surface area contributed by atoms with E-state index in [0.29, 0.717) is 6.61 Å². The first-order valence-electron chi connectivity index (χ1n) is 7.30. The van der Waals surface area contributed by atoms with Gasteiger partial charge in [-0.25, -0.2) is 0 Å². The summed E-state index contributed by atoms with van der Waals surface area (Å²) in [6.07, 6.45) is 3.39. The minimum Gasteiger partial charge on any atom is -0.393 e. The Hall–Kier alpha value is -0.420. The minimum absolute atomic E-state index is 0.188. The molecule has 19 heavy (non-hydrogen) atoms. The maximum absolute atomic E-state index is 10.5. The first-order chi connectivity index (χ1) is 8.98. The van der Waals surface area contributed by atoms with Crippen LogP contribution in [0.1, 0.15) is 33.1 Å². The lowest BCUT2D eigenvalue weighted by Gasteiger charge is -2.57. The Bertz CT molecular complexity index is 443. The van der Waals surface area contributed by atoms with Crippen molar-refractivity contribution >= 4 is 0 Å². The molecular weight excluding hydrogens is 244 g/mol. The van der Waals surface area contributed by atoms with Gasteiger partial charge in [0.15, 0.2) is 12.6 Å². The van der Waals surface area contributed by atoms with Gasteiger partial charge in [0.2, 0.25) is 0 Å². The highest BCUT2D eigenvalue weighted by Crippen LogP contribution is 2.66. The smallest absolute Gasteiger partial charge is 0.168 e. The van der Waals surface area contributed by atoms with E-state index in [-0.39, 0.29) is 35.1 Å². The lowest BCUT2D eigenvalue weighted by Crippen LogP contribution is -2.57. The van der Waals surface area contributed by atoms with Gasteiger partial charge < -0.3 is 19.7 Å². The van der Waals surface area contributed by atoms with Gasteiger partial charge in [-0.15, -0.1) is 0 Å². The molecule has 0 amide bonds. The molecule has 4 rings (SSSR count). The molecule has 2 aliphatic carbocycles. The molecule has 2 saturated heterocycles. The van der Waals surface area contributed by atoms with Crippen LogP contribution in [-0.4, -0.2) is 35.5 Å².